The van der Waals surface area contributed by atoms with Crippen LogP contribution in [0.4, 0.5) is 14.6 Å². The summed E-state index contributed by atoms with van der Waals surface area (Å²) >= 11 is 0. The summed E-state index contributed by atoms with van der Waals surface area (Å²) in [5, 5.41) is 0. The number of aromatic nitrogens is 2. The third kappa shape index (κ3) is 8.57. The number of anilines is 1. The normalized spacial score (nSPS) is 19.4. The van der Waals surface area contributed by atoms with Crippen LogP contribution in [0.25, 0.3) is 0 Å². The number of ether oxygens (including phenoxy) is 1. The fourth-order valence-corrected chi connectivity index (χ4v) is 4.99. The van der Waals surface area contributed by atoms with Gasteiger partial charge in [-0.15, -0.1) is 0 Å². The molecule has 0 aliphatic rings. The maximum absolute atomic E-state index is 14.5. The topological polar surface area (TPSA) is 230 Å². The van der Waals surface area contributed by atoms with Gasteiger partial charge >= 0.3 is 29.2 Å². The van der Waals surface area contributed by atoms with Crippen molar-refractivity contribution in [2.45, 2.75) is 18.3 Å². The Morgan fingerprint density at radius 2 is 1.83 bits per heavy atom. The first-order valence-electron chi connectivity index (χ1n) is 7.42. The highest BCUT2D eigenvalue weighted by Gasteiger charge is 2.43. The molecule has 2 unspecified atom stereocenters. The number of hydrogen-bond donors (Lipinski definition) is 5. The highest BCUT2D eigenvalue weighted by atomic mass is 31.3. The van der Waals surface area contributed by atoms with Crippen molar-refractivity contribution in [1.29, 1.82) is 0 Å². The summed E-state index contributed by atoms with van der Waals surface area (Å²) in [6.45, 7) is -2.79. The molecular weight excluding hydrogens is 485 g/mol. The molecule has 0 radical (unpaired) electrons. The molecule has 0 saturated carbocycles. The quantitative estimate of drug-likeness (QED) is 0.243. The minimum Gasteiger partial charge on any atom is -0.383 e. The summed E-state index contributed by atoms with van der Waals surface area (Å²) in [4.78, 5) is 50.3. The molecule has 0 aromatic carbocycles. The van der Waals surface area contributed by atoms with E-state index in [1.807, 2.05) is 0 Å². The molecule has 30 heavy (non-hydrogen) atoms. The molecule has 0 fully saturated rings. The van der Waals surface area contributed by atoms with Gasteiger partial charge in [-0.3, -0.25) is 9.09 Å². The van der Waals surface area contributed by atoms with E-state index in [4.69, 9.17) is 25.2 Å². The molecule has 0 saturated heterocycles. The first-order chi connectivity index (χ1) is 13.5. The molecule has 1 aromatic heterocycles. The summed E-state index contributed by atoms with van der Waals surface area (Å²) in [6, 6.07) is 1.07. The van der Waals surface area contributed by atoms with Gasteiger partial charge < -0.3 is 30.0 Å². The van der Waals surface area contributed by atoms with Crippen LogP contribution in [0.15, 0.2) is 17.1 Å². The number of hydrogen-bond acceptors (Lipinski definition) is 10. The predicted octanol–water partition coefficient (Wildman–Crippen LogP) is 0.382. The summed E-state index contributed by atoms with van der Waals surface area (Å²) in [5.41, 5.74) is 1.84. The lowest BCUT2D eigenvalue weighted by Gasteiger charge is -2.31. The van der Waals surface area contributed by atoms with Crippen molar-refractivity contribution >= 4 is 29.3 Å². The Kier molecular flexibility index (Phi) is 9.00. The molecule has 4 atom stereocenters. The van der Waals surface area contributed by atoms with Gasteiger partial charge in [0.15, 0.2) is 6.30 Å². The highest BCUT2D eigenvalue weighted by molar-refractivity contribution is 7.66. The van der Waals surface area contributed by atoms with Crippen LogP contribution in [0, 0.1) is 0 Å². The van der Waals surface area contributed by atoms with Gasteiger partial charge in [0.1, 0.15) is 18.1 Å². The molecule has 1 heterocycles. The Bertz CT molecular complexity index is 934. The summed E-state index contributed by atoms with van der Waals surface area (Å²) < 4.78 is 78.1. The number of methoxy groups -OCH3 is 1. The number of nitrogens with zero attached hydrogens (tertiary/aromatic N) is 2. The van der Waals surface area contributed by atoms with E-state index in [1.165, 1.54) is 0 Å². The number of nitrogen functional groups attached to an aromatic ring is 1. The minimum atomic E-state index is -5.80. The van der Waals surface area contributed by atoms with E-state index in [0.29, 0.717) is 4.57 Å². The van der Waals surface area contributed by atoms with Gasteiger partial charge in [-0.1, -0.05) is 0 Å². The second-order valence-electron chi connectivity index (χ2n) is 5.57. The molecule has 1 aromatic rings. The van der Waals surface area contributed by atoms with Crippen LogP contribution >= 0.6 is 23.5 Å². The van der Waals surface area contributed by atoms with Crippen molar-refractivity contribution in [1.82, 2.24) is 9.55 Å². The second kappa shape index (κ2) is 10.0. The van der Waals surface area contributed by atoms with E-state index >= 15 is 0 Å². The molecule has 0 aliphatic heterocycles. The number of nitrogens with two attached hydrogens (primary N) is 1. The monoisotopic (exact) mass is 503 g/mol. The highest BCUT2D eigenvalue weighted by Crippen LogP contribution is 2.66. The fraction of sp³-hybridized carbons (Fsp3) is 0.600. The van der Waals surface area contributed by atoms with Crippen molar-refractivity contribution < 1.29 is 59.9 Å². The molecule has 0 amide bonds. The molecule has 15 nitrogen and oxygen atoms in total. The molecular formula is C10H18F2N3O12P3. The Balaban J connectivity index is 2.94. The average molecular weight is 503 g/mol. The lowest BCUT2D eigenvalue weighted by atomic mass is 10.0. The molecule has 1 rings (SSSR count). The second-order valence-corrected chi connectivity index (χ2v) is 9.99. The molecule has 6 N–H and O–H groups in total. The van der Waals surface area contributed by atoms with Crippen molar-refractivity contribution in [2.24, 2.45) is 0 Å². The predicted molar refractivity (Wildman–Crippen MR) is 93.2 cm³/mol. The van der Waals surface area contributed by atoms with E-state index in [1.54, 1.807) is 0 Å². The van der Waals surface area contributed by atoms with E-state index in [0.717, 1.165) is 19.4 Å². The molecule has 0 bridgehead atoms. The first-order valence-corrected chi connectivity index (χ1v) is 11.9. The standard InChI is InChI=1S/C10H18F2N3O12P3/c1-24-10(5-11,4-7(12)15-3-2-8(13)14-9(15)16)6-25-29(20,21)27-30(22,23)26-28(17,18)19/h2-3,7H,4-6H2,1H3,(H,20,21)(H,22,23)(H2,13,14,16)(H2,17,18,19)/t7-,10-/m1/s1. The SMILES string of the molecule is CO[C@](CF)(COP(=O)(O)OP(=O)(O)OP(=O)(O)O)C[C@H](F)n1ccc(N)nc1=O. The summed E-state index contributed by atoms with van der Waals surface area (Å²) in [7, 11) is -16.1. The number of halogens is 2. The Morgan fingerprint density at radius 1 is 1.23 bits per heavy atom. The van der Waals surface area contributed by atoms with Crippen LogP contribution in [-0.2, 0) is 31.6 Å². The summed E-state index contributed by atoms with van der Waals surface area (Å²) in [6.07, 6.45) is -2.33. The molecule has 20 heteroatoms. The van der Waals surface area contributed by atoms with Gasteiger partial charge in [0, 0.05) is 19.7 Å². The van der Waals surface area contributed by atoms with Crippen LogP contribution < -0.4 is 11.4 Å². The molecule has 0 aliphatic carbocycles. The van der Waals surface area contributed by atoms with Gasteiger partial charge in [-0.05, 0) is 6.07 Å². The van der Waals surface area contributed by atoms with Crippen LogP contribution in [0.2, 0.25) is 0 Å². The van der Waals surface area contributed by atoms with Gasteiger partial charge in [-0.2, -0.15) is 13.6 Å². The van der Waals surface area contributed by atoms with Crippen molar-refractivity contribution in [3.63, 3.8) is 0 Å². The lowest BCUT2D eigenvalue weighted by molar-refractivity contribution is -0.0899. The van der Waals surface area contributed by atoms with E-state index < -0.39 is 60.8 Å². The smallest absolute Gasteiger partial charge is 0.383 e. The molecule has 0 spiro atoms. The number of phosphoric acid groups is 3. The van der Waals surface area contributed by atoms with Gasteiger partial charge in [-0.25, -0.2) is 27.3 Å². The third-order valence-electron chi connectivity index (χ3n) is 3.28. The number of alkyl halides is 2. The van der Waals surface area contributed by atoms with Crippen LogP contribution in [0.3, 0.4) is 0 Å². The molecule has 174 valence electrons. The van der Waals surface area contributed by atoms with Crippen LogP contribution in [0.1, 0.15) is 12.7 Å². The zero-order chi connectivity index (χ0) is 23.4. The minimum absolute atomic E-state index is 0.209. The Morgan fingerprint density at radius 3 is 2.30 bits per heavy atom. The maximum Gasteiger partial charge on any atom is 0.490 e. The third-order valence-corrected chi connectivity index (χ3v) is 7.06. The van der Waals surface area contributed by atoms with Crippen molar-refractivity contribution in [3.05, 3.63) is 22.7 Å². The van der Waals surface area contributed by atoms with E-state index in [9.17, 15) is 32.2 Å². The van der Waals surface area contributed by atoms with Gasteiger partial charge in [0.05, 0.1) is 6.61 Å². The van der Waals surface area contributed by atoms with Crippen LogP contribution in [-0.4, -0.2) is 55.1 Å². The zero-order valence-corrected chi connectivity index (χ0v) is 17.7. The Labute approximate surface area is 166 Å². The van der Waals surface area contributed by atoms with Gasteiger partial charge in [0.25, 0.3) is 0 Å². The maximum atomic E-state index is 14.5. The van der Waals surface area contributed by atoms with E-state index in [2.05, 4.69) is 18.1 Å². The fourth-order valence-electron chi connectivity index (χ4n) is 1.90. The van der Waals surface area contributed by atoms with Crippen molar-refractivity contribution in [2.75, 3.05) is 26.1 Å². The lowest BCUT2D eigenvalue weighted by Crippen LogP contribution is -2.42. The average Bonchev–Trinajstić information content (AvgIpc) is 2.55. The number of phosphoric ester groups is 1. The van der Waals surface area contributed by atoms with Crippen molar-refractivity contribution in [3.8, 4) is 0 Å². The van der Waals surface area contributed by atoms with Gasteiger partial charge in [0.2, 0.25) is 0 Å². The largest absolute Gasteiger partial charge is 0.490 e. The first kappa shape index (κ1) is 26.9. The number of rotatable bonds is 12. The van der Waals surface area contributed by atoms with E-state index in [-0.39, 0.29) is 5.82 Å². The zero-order valence-electron chi connectivity index (χ0n) is 15.0. The summed E-state index contributed by atoms with van der Waals surface area (Å²) in [5.74, 6) is -0.209. The Hall–Kier alpha value is -1.09. The van der Waals surface area contributed by atoms with Crippen LogP contribution in [0.5, 0.6) is 0 Å².